The third-order valence-corrected chi connectivity index (χ3v) is 5.10. The summed E-state index contributed by atoms with van der Waals surface area (Å²) in [6.45, 7) is 7.01. The van der Waals surface area contributed by atoms with Crippen LogP contribution in [0.1, 0.15) is 39.2 Å². The Balaban J connectivity index is 1.71. The van der Waals surface area contributed by atoms with Crippen LogP contribution in [0.4, 0.5) is 4.79 Å². The van der Waals surface area contributed by atoms with E-state index in [-0.39, 0.29) is 5.91 Å². The summed E-state index contributed by atoms with van der Waals surface area (Å²) in [4.78, 5) is 28.9. The Labute approximate surface area is 160 Å². The van der Waals surface area contributed by atoms with Crippen molar-refractivity contribution in [3.8, 4) is 11.5 Å². The van der Waals surface area contributed by atoms with Crippen LogP contribution in [0.3, 0.4) is 0 Å². The molecular weight excluding hydrogens is 348 g/mol. The number of carbonyl (C=O) groups excluding carboxylic acids is 2. The van der Waals surface area contributed by atoms with Crippen LogP contribution in [0.25, 0.3) is 0 Å². The fraction of sp³-hybridized carbons (Fsp3) is 0.600. The molecule has 0 radical (unpaired) electrons. The molecule has 3 rings (SSSR count). The summed E-state index contributed by atoms with van der Waals surface area (Å²) in [6, 6.07) is 5.55. The van der Waals surface area contributed by atoms with E-state index in [9.17, 15) is 9.59 Å². The molecule has 27 heavy (non-hydrogen) atoms. The van der Waals surface area contributed by atoms with Crippen LogP contribution in [-0.2, 0) is 16.1 Å². The van der Waals surface area contributed by atoms with Gasteiger partial charge in [-0.1, -0.05) is 0 Å². The van der Waals surface area contributed by atoms with E-state index < -0.39 is 17.2 Å². The summed E-state index contributed by atoms with van der Waals surface area (Å²) < 4.78 is 16.1. The van der Waals surface area contributed by atoms with Crippen LogP contribution in [-0.4, -0.2) is 60.2 Å². The lowest BCUT2D eigenvalue weighted by atomic mass is 9.85. The Morgan fingerprint density at radius 1 is 1.22 bits per heavy atom. The minimum absolute atomic E-state index is 0.0243. The lowest BCUT2D eigenvalue weighted by Gasteiger charge is -2.51. The van der Waals surface area contributed by atoms with Crippen LogP contribution in [0, 0.1) is 0 Å². The van der Waals surface area contributed by atoms with Gasteiger partial charge in [-0.25, -0.2) is 4.79 Å². The minimum Gasteiger partial charge on any atom is -0.497 e. The monoisotopic (exact) mass is 376 g/mol. The van der Waals surface area contributed by atoms with Crippen LogP contribution in [0.2, 0.25) is 0 Å². The molecular formula is C20H28N2O5. The molecule has 1 aromatic carbocycles. The summed E-state index contributed by atoms with van der Waals surface area (Å²) in [6.07, 6.45) is 1.08. The number of carbonyl (C=O) groups is 2. The molecule has 0 saturated carbocycles. The molecule has 0 aromatic heterocycles. The van der Waals surface area contributed by atoms with Gasteiger partial charge in [-0.2, -0.15) is 0 Å². The van der Waals surface area contributed by atoms with Crippen LogP contribution in [0.15, 0.2) is 18.2 Å². The van der Waals surface area contributed by atoms with Gasteiger partial charge in [0.2, 0.25) is 0 Å². The summed E-state index contributed by atoms with van der Waals surface area (Å²) in [7, 11) is 3.20. The van der Waals surface area contributed by atoms with Crippen molar-refractivity contribution >= 4 is 12.0 Å². The van der Waals surface area contributed by atoms with E-state index in [0.717, 1.165) is 12.0 Å². The molecule has 0 aliphatic carbocycles. The molecule has 2 fully saturated rings. The van der Waals surface area contributed by atoms with E-state index >= 15 is 0 Å². The van der Waals surface area contributed by atoms with Gasteiger partial charge in [0, 0.05) is 24.7 Å². The van der Waals surface area contributed by atoms with Gasteiger partial charge >= 0.3 is 6.09 Å². The molecule has 2 saturated heterocycles. The number of likely N-dealkylation sites (tertiary alicyclic amines) is 2. The number of hydrogen-bond acceptors (Lipinski definition) is 5. The highest BCUT2D eigenvalue weighted by Crippen LogP contribution is 2.41. The third kappa shape index (κ3) is 3.55. The topological polar surface area (TPSA) is 68.3 Å². The van der Waals surface area contributed by atoms with Crippen molar-refractivity contribution in [3.05, 3.63) is 23.8 Å². The molecule has 0 N–H and O–H groups in total. The first-order chi connectivity index (χ1) is 12.7. The molecule has 1 unspecified atom stereocenters. The van der Waals surface area contributed by atoms with Crippen molar-refractivity contribution in [2.24, 2.45) is 0 Å². The Bertz CT molecular complexity index is 742. The molecule has 1 spiro atoms. The van der Waals surface area contributed by atoms with Crippen molar-refractivity contribution in [2.45, 2.75) is 51.3 Å². The second kappa shape index (κ2) is 6.94. The van der Waals surface area contributed by atoms with Crippen molar-refractivity contribution in [3.63, 3.8) is 0 Å². The van der Waals surface area contributed by atoms with E-state index in [0.29, 0.717) is 37.6 Å². The molecule has 2 heterocycles. The van der Waals surface area contributed by atoms with E-state index in [1.165, 1.54) is 0 Å². The van der Waals surface area contributed by atoms with E-state index in [1.54, 1.807) is 30.1 Å². The predicted octanol–water partition coefficient (Wildman–Crippen LogP) is 2.82. The van der Waals surface area contributed by atoms with Crippen molar-refractivity contribution in [1.82, 2.24) is 9.80 Å². The third-order valence-electron chi connectivity index (χ3n) is 5.10. The number of hydrogen-bond donors (Lipinski definition) is 0. The SMILES string of the molecule is COc1ccc(CN2CC3(CCCN3C(=O)OC(C)(C)C)C2=O)c(OC)c1. The standard InChI is InChI=1S/C20H28N2O5/c1-19(2,3)27-18(24)22-10-6-9-20(22)13-21(17(20)23)12-14-7-8-15(25-4)11-16(14)26-5/h7-8,11H,6,9-10,12-13H2,1-5H3. The first-order valence-electron chi connectivity index (χ1n) is 9.21. The zero-order valence-electron chi connectivity index (χ0n) is 16.7. The van der Waals surface area contributed by atoms with Gasteiger partial charge in [-0.15, -0.1) is 0 Å². The Hall–Kier alpha value is -2.44. The highest BCUT2D eigenvalue weighted by Gasteiger charge is 2.60. The molecule has 7 nitrogen and oxygen atoms in total. The lowest BCUT2D eigenvalue weighted by molar-refractivity contribution is -0.161. The maximum Gasteiger partial charge on any atom is 0.411 e. The number of nitrogens with zero attached hydrogens (tertiary/aromatic N) is 2. The number of ether oxygens (including phenoxy) is 3. The van der Waals surface area contributed by atoms with E-state index in [2.05, 4.69) is 0 Å². The van der Waals surface area contributed by atoms with Crippen molar-refractivity contribution < 1.29 is 23.8 Å². The molecule has 2 aliphatic rings. The van der Waals surface area contributed by atoms with E-state index in [4.69, 9.17) is 14.2 Å². The second-order valence-electron chi connectivity index (χ2n) is 8.11. The van der Waals surface area contributed by atoms with Crippen LogP contribution in [0.5, 0.6) is 11.5 Å². The first kappa shape index (κ1) is 19.3. The lowest BCUT2D eigenvalue weighted by Crippen LogP contribution is -2.72. The highest BCUT2D eigenvalue weighted by molar-refractivity contribution is 5.96. The van der Waals surface area contributed by atoms with Crippen molar-refractivity contribution in [1.29, 1.82) is 0 Å². The smallest absolute Gasteiger partial charge is 0.411 e. The molecule has 7 heteroatoms. The molecule has 1 aromatic rings. The number of benzene rings is 1. The average Bonchev–Trinajstić information content (AvgIpc) is 3.06. The van der Waals surface area contributed by atoms with Gasteiger partial charge in [0.1, 0.15) is 22.6 Å². The highest BCUT2D eigenvalue weighted by atomic mass is 16.6. The average molecular weight is 376 g/mol. The van der Waals surface area contributed by atoms with E-state index in [1.807, 2.05) is 32.9 Å². The van der Waals surface area contributed by atoms with Gasteiger partial charge in [-0.3, -0.25) is 9.69 Å². The van der Waals surface area contributed by atoms with Gasteiger partial charge in [0.15, 0.2) is 0 Å². The quantitative estimate of drug-likeness (QED) is 0.756. The molecule has 2 aliphatic heterocycles. The largest absolute Gasteiger partial charge is 0.497 e. The zero-order chi connectivity index (χ0) is 19.8. The maximum atomic E-state index is 13.0. The van der Waals surface area contributed by atoms with Gasteiger partial charge in [0.25, 0.3) is 5.91 Å². The van der Waals surface area contributed by atoms with Crippen LogP contribution >= 0.6 is 0 Å². The Morgan fingerprint density at radius 2 is 1.96 bits per heavy atom. The Morgan fingerprint density at radius 3 is 2.56 bits per heavy atom. The van der Waals surface area contributed by atoms with Gasteiger partial charge in [0.05, 0.1) is 20.8 Å². The minimum atomic E-state index is -0.748. The number of rotatable bonds is 4. The van der Waals surface area contributed by atoms with Crippen molar-refractivity contribution in [2.75, 3.05) is 27.3 Å². The number of amides is 2. The van der Waals surface area contributed by atoms with Gasteiger partial charge < -0.3 is 19.1 Å². The Kier molecular flexibility index (Phi) is 4.97. The fourth-order valence-electron chi connectivity index (χ4n) is 3.82. The summed E-state index contributed by atoms with van der Waals surface area (Å²) in [5.41, 5.74) is -0.422. The molecule has 2 amide bonds. The fourth-order valence-corrected chi connectivity index (χ4v) is 3.82. The summed E-state index contributed by atoms with van der Waals surface area (Å²) in [5.74, 6) is 1.36. The zero-order valence-corrected chi connectivity index (χ0v) is 16.7. The maximum absolute atomic E-state index is 13.0. The molecule has 1 atom stereocenters. The number of β-lactam (4-membered cyclic amide) rings is 1. The second-order valence-corrected chi connectivity index (χ2v) is 8.11. The van der Waals surface area contributed by atoms with Gasteiger partial charge in [-0.05, 0) is 45.7 Å². The first-order valence-corrected chi connectivity index (χ1v) is 9.21. The van der Waals surface area contributed by atoms with Crippen LogP contribution < -0.4 is 9.47 Å². The summed E-state index contributed by atoms with van der Waals surface area (Å²) in [5, 5.41) is 0. The number of methoxy groups -OCH3 is 2. The predicted molar refractivity (Wildman–Crippen MR) is 99.9 cm³/mol. The molecule has 0 bridgehead atoms. The molecule has 148 valence electrons. The normalized spacial score (nSPS) is 22.0. The summed E-state index contributed by atoms with van der Waals surface area (Å²) >= 11 is 0.